The third-order valence-electron chi connectivity index (χ3n) is 6.15. The zero-order valence-electron chi connectivity index (χ0n) is 17.1. The molecule has 1 saturated heterocycles. The van der Waals surface area contributed by atoms with E-state index in [1.165, 1.54) is 6.07 Å². The zero-order chi connectivity index (χ0) is 20.8. The number of carbonyl (C=O) groups excluding carboxylic acids is 1. The van der Waals surface area contributed by atoms with Crippen molar-refractivity contribution in [2.24, 2.45) is 0 Å². The van der Waals surface area contributed by atoms with Crippen LogP contribution in [0.5, 0.6) is 0 Å². The minimum atomic E-state index is -0.860. The molecule has 0 radical (unpaired) electrons. The quantitative estimate of drug-likeness (QED) is 0.689. The number of hydrogen-bond acceptors (Lipinski definition) is 6. The lowest BCUT2D eigenvalue weighted by molar-refractivity contribution is -0.119. The normalized spacial score (nSPS) is 22.8. The Morgan fingerprint density at radius 2 is 1.97 bits per heavy atom. The van der Waals surface area contributed by atoms with Crippen LogP contribution in [-0.4, -0.2) is 47.7 Å². The Kier molecular flexibility index (Phi) is 8.64. The van der Waals surface area contributed by atoms with Crippen molar-refractivity contribution in [1.82, 2.24) is 9.97 Å². The molecule has 0 bridgehead atoms. The summed E-state index contributed by atoms with van der Waals surface area (Å²) >= 11 is 0. The van der Waals surface area contributed by atoms with Crippen molar-refractivity contribution >= 4 is 36.9 Å². The van der Waals surface area contributed by atoms with E-state index in [0.29, 0.717) is 11.5 Å². The highest BCUT2D eigenvalue weighted by atomic mass is 32.1. The van der Waals surface area contributed by atoms with Gasteiger partial charge in [0.05, 0.1) is 18.9 Å². The number of halogens is 2. The van der Waals surface area contributed by atoms with Crippen molar-refractivity contribution in [3.63, 3.8) is 0 Å². The fraction of sp³-hybridized carbons (Fsp3) is 0.522. The number of fused-ring (bicyclic) bond motifs is 3. The average molecular weight is 482 g/mol. The number of anilines is 3. The van der Waals surface area contributed by atoms with Gasteiger partial charge in [0.15, 0.2) is 17.5 Å². The predicted octanol–water partition coefficient (Wildman–Crippen LogP) is 4.24. The molecule has 2 aromatic rings. The van der Waals surface area contributed by atoms with Crippen LogP contribution in [0, 0.1) is 11.6 Å². The molecule has 1 aliphatic carbocycles. The number of ether oxygens (including phenoxy) is 1. The SMILES string of the molecule is C.C.CN1C(=O)[C@@H]2CCCN2c2nc(NC3CC(OCc4ccc(F)c(F)c4)C3)ncc21.S. The molecule has 2 aliphatic heterocycles. The lowest BCUT2D eigenvalue weighted by Crippen LogP contribution is -2.49. The van der Waals surface area contributed by atoms with Crippen molar-refractivity contribution in [3.05, 3.63) is 41.6 Å². The Hall–Kier alpha value is -2.46. The number of carbonyl (C=O) groups is 1. The maximum atomic E-state index is 13.3. The molecule has 1 amide bonds. The van der Waals surface area contributed by atoms with E-state index in [1.807, 2.05) is 0 Å². The number of amides is 1. The van der Waals surface area contributed by atoms with Crippen molar-refractivity contribution in [3.8, 4) is 0 Å². The van der Waals surface area contributed by atoms with Gasteiger partial charge in [0.25, 0.3) is 0 Å². The van der Waals surface area contributed by atoms with E-state index < -0.39 is 11.6 Å². The van der Waals surface area contributed by atoms with Crippen LogP contribution in [0.25, 0.3) is 0 Å². The molecule has 3 heterocycles. The second kappa shape index (κ2) is 10.6. The zero-order valence-corrected chi connectivity index (χ0v) is 18.1. The van der Waals surface area contributed by atoms with Crippen LogP contribution in [0.15, 0.2) is 24.4 Å². The van der Waals surface area contributed by atoms with Gasteiger partial charge in [0.1, 0.15) is 11.7 Å². The molecular formula is C23H33F2N5O2S. The number of aromatic nitrogens is 2. The van der Waals surface area contributed by atoms with Gasteiger partial charge < -0.3 is 19.9 Å². The summed E-state index contributed by atoms with van der Waals surface area (Å²) in [5.41, 5.74) is 1.35. The Balaban J connectivity index is 0.00000128. The van der Waals surface area contributed by atoms with Crippen LogP contribution in [0.1, 0.15) is 46.1 Å². The first-order valence-corrected chi connectivity index (χ1v) is 10.2. The molecule has 182 valence electrons. The van der Waals surface area contributed by atoms with Gasteiger partial charge in [-0.2, -0.15) is 18.5 Å². The van der Waals surface area contributed by atoms with Gasteiger partial charge in [0.2, 0.25) is 11.9 Å². The van der Waals surface area contributed by atoms with Crippen molar-refractivity contribution in [2.75, 3.05) is 28.7 Å². The lowest BCUT2D eigenvalue weighted by Gasteiger charge is -2.38. The number of likely N-dealkylation sites (N-methyl/N-ethyl adjacent to an activating group) is 1. The fourth-order valence-corrected chi connectivity index (χ4v) is 4.35. The minimum absolute atomic E-state index is 0. The summed E-state index contributed by atoms with van der Waals surface area (Å²) in [5, 5.41) is 3.34. The van der Waals surface area contributed by atoms with Gasteiger partial charge in [-0.3, -0.25) is 4.79 Å². The molecule has 1 atom stereocenters. The molecule has 0 spiro atoms. The van der Waals surface area contributed by atoms with E-state index in [2.05, 4.69) is 15.2 Å². The molecule has 3 aliphatic rings. The molecule has 33 heavy (non-hydrogen) atoms. The Bertz CT molecular complexity index is 989. The summed E-state index contributed by atoms with van der Waals surface area (Å²) in [6.07, 6.45) is 5.17. The molecular weight excluding hydrogens is 448 g/mol. The second-order valence-corrected chi connectivity index (χ2v) is 8.15. The number of nitrogens with zero attached hydrogens (tertiary/aromatic N) is 4. The smallest absolute Gasteiger partial charge is 0.249 e. The molecule has 10 heteroatoms. The molecule has 5 rings (SSSR count). The monoisotopic (exact) mass is 481 g/mol. The molecule has 0 unspecified atom stereocenters. The van der Waals surface area contributed by atoms with Crippen molar-refractivity contribution in [1.29, 1.82) is 0 Å². The molecule has 1 aromatic heterocycles. The molecule has 1 N–H and O–H groups in total. The third-order valence-corrected chi connectivity index (χ3v) is 6.15. The van der Waals surface area contributed by atoms with Crippen LogP contribution in [-0.2, 0) is 16.1 Å². The maximum absolute atomic E-state index is 13.3. The topological polar surface area (TPSA) is 70.6 Å². The minimum Gasteiger partial charge on any atom is -0.373 e. The molecule has 7 nitrogen and oxygen atoms in total. The van der Waals surface area contributed by atoms with Gasteiger partial charge in [-0.15, -0.1) is 0 Å². The molecule has 2 fully saturated rings. The predicted molar refractivity (Wildman–Crippen MR) is 131 cm³/mol. The summed E-state index contributed by atoms with van der Waals surface area (Å²) in [6, 6.07) is 3.88. The lowest BCUT2D eigenvalue weighted by atomic mass is 9.89. The highest BCUT2D eigenvalue weighted by molar-refractivity contribution is 7.59. The van der Waals surface area contributed by atoms with E-state index in [4.69, 9.17) is 9.72 Å². The first-order valence-electron chi connectivity index (χ1n) is 10.2. The highest BCUT2D eigenvalue weighted by Gasteiger charge is 2.41. The summed E-state index contributed by atoms with van der Waals surface area (Å²) < 4.78 is 32.0. The van der Waals surface area contributed by atoms with Crippen molar-refractivity contribution in [2.45, 2.75) is 65.3 Å². The summed E-state index contributed by atoms with van der Waals surface area (Å²) in [6.45, 7) is 1.08. The largest absolute Gasteiger partial charge is 0.373 e. The number of rotatable bonds is 5. The van der Waals surface area contributed by atoms with Gasteiger partial charge in [-0.25, -0.2) is 13.8 Å². The van der Waals surface area contributed by atoms with Gasteiger partial charge in [0, 0.05) is 19.6 Å². The van der Waals surface area contributed by atoms with E-state index in [-0.39, 0.29) is 59.1 Å². The van der Waals surface area contributed by atoms with Gasteiger partial charge in [-0.1, -0.05) is 20.9 Å². The van der Waals surface area contributed by atoms with Crippen LogP contribution in [0.3, 0.4) is 0 Å². The Morgan fingerprint density at radius 1 is 1.21 bits per heavy atom. The summed E-state index contributed by atoms with van der Waals surface area (Å²) in [4.78, 5) is 25.3. The Labute approximate surface area is 201 Å². The highest BCUT2D eigenvalue weighted by Crippen LogP contribution is 2.38. The maximum Gasteiger partial charge on any atom is 0.249 e. The average Bonchev–Trinajstić information content (AvgIpc) is 3.20. The van der Waals surface area contributed by atoms with Crippen LogP contribution in [0.4, 0.5) is 26.2 Å². The fourth-order valence-electron chi connectivity index (χ4n) is 4.35. The van der Waals surface area contributed by atoms with E-state index in [1.54, 1.807) is 18.1 Å². The van der Waals surface area contributed by atoms with Crippen LogP contribution < -0.4 is 15.1 Å². The standard InChI is InChI=1S/C21H23F2N5O2.2CH4.H2S/c1-27-18-10-24-21(26-19(18)28-6-2-3-17(28)20(27)29)25-13-8-14(9-13)30-11-12-4-5-15(22)16(23)7-12;;;/h4-5,7,10,13-14,17H,2-3,6,8-9,11H2,1H3,(H,24,25,26);2*1H4;1H2/t13?,14?,17-;;;/m0.../s1. The van der Waals surface area contributed by atoms with Crippen molar-refractivity contribution < 1.29 is 18.3 Å². The number of hydrogen-bond donors (Lipinski definition) is 1. The second-order valence-electron chi connectivity index (χ2n) is 8.15. The number of benzene rings is 1. The van der Waals surface area contributed by atoms with E-state index in [0.717, 1.165) is 55.9 Å². The van der Waals surface area contributed by atoms with Crippen LogP contribution in [0.2, 0.25) is 0 Å². The summed E-state index contributed by atoms with van der Waals surface area (Å²) in [7, 11) is 1.77. The van der Waals surface area contributed by atoms with E-state index >= 15 is 0 Å². The van der Waals surface area contributed by atoms with Gasteiger partial charge >= 0.3 is 0 Å². The van der Waals surface area contributed by atoms with Crippen LogP contribution >= 0.6 is 13.5 Å². The van der Waals surface area contributed by atoms with Gasteiger partial charge in [-0.05, 0) is 43.4 Å². The molecule has 1 saturated carbocycles. The number of nitrogens with one attached hydrogen (secondary N) is 1. The Morgan fingerprint density at radius 3 is 2.70 bits per heavy atom. The first-order chi connectivity index (χ1) is 14.5. The van der Waals surface area contributed by atoms with E-state index in [9.17, 15) is 13.6 Å². The summed E-state index contributed by atoms with van der Waals surface area (Å²) in [5.74, 6) is -0.257. The third kappa shape index (κ3) is 5.06. The molecule has 1 aromatic carbocycles. The first kappa shape index (κ1) is 26.8.